The first-order chi connectivity index (χ1) is 6.65. The lowest BCUT2D eigenvalue weighted by Crippen LogP contribution is -2.42. The van der Waals surface area contributed by atoms with Gasteiger partial charge in [0.15, 0.2) is 0 Å². The highest BCUT2D eigenvalue weighted by molar-refractivity contribution is 4.72. The molecule has 0 saturated carbocycles. The minimum Gasteiger partial charge on any atom is -0.308 e. The van der Waals surface area contributed by atoms with Gasteiger partial charge >= 0.3 is 0 Å². The van der Waals surface area contributed by atoms with E-state index in [0.717, 1.165) is 6.04 Å². The second-order valence-electron chi connectivity index (χ2n) is 4.36. The molecule has 0 aromatic rings. The van der Waals surface area contributed by atoms with E-state index in [1.807, 2.05) is 0 Å². The van der Waals surface area contributed by atoms with E-state index < -0.39 is 0 Å². The van der Waals surface area contributed by atoms with E-state index in [1.165, 1.54) is 38.9 Å². The summed E-state index contributed by atoms with van der Waals surface area (Å²) in [6.45, 7) is 10.5. The third-order valence-electron chi connectivity index (χ3n) is 2.59. The third-order valence-corrected chi connectivity index (χ3v) is 2.59. The molecule has 0 aromatic carbocycles. The van der Waals surface area contributed by atoms with Gasteiger partial charge < -0.3 is 4.90 Å². The third kappa shape index (κ3) is 5.61. The van der Waals surface area contributed by atoms with Crippen LogP contribution in [0, 0.1) is 0 Å². The minimum atomic E-state index is 0.741. The van der Waals surface area contributed by atoms with Gasteiger partial charge in [0.1, 0.15) is 0 Å². The fourth-order valence-electron chi connectivity index (χ4n) is 1.98. The molecule has 0 heterocycles. The summed E-state index contributed by atoms with van der Waals surface area (Å²) in [5.41, 5.74) is 0. The van der Waals surface area contributed by atoms with Crippen molar-refractivity contribution in [3.05, 3.63) is 0 Å². The Balaban J connectivity index is 4.10. The zero-order chi connectivity index (χ0) is 11.0. The first-order valence-electron chi connectivity index (χ1n) is 6.04. The van der Waals surface area contributed by atoms with Crippen LogP contribution in [0.4, 0.5) is 0 Å². The molecule has 0 amide bonds. The van der Waals surface area contributed by atoms with Gasteiger partial charge in [-0.3, -0.25) is 4.90 Å². The molecule has 0 aliphatic carbocycles. The Bertz CT molecular complexity index is 117. The topological polar surface area (TPSA) is 6.48 Å². The largest absolute Gasteiger partial charge is 0.308 e. The van der Waals surface area contributed by atoms with Crippen molar-refractivity contribution in [1.29, 1.82) is 0 Å². The fraction of sp³-hybridized carbons (Fsp3) is 1.00. The van der Waals surface area contributed by atoms with E-state index in [0.29, 0.717) is 0 Å². The predicted molar refractivity (Wildman–Crippen MR) is 64.8 cm³/mol. The van der Waals surface area contributed by atoms with E-state index in [1.54, 1.807) is 0 Å². The van der Waals surface area contributed by atoms with Crippen LogP contribution in [0.3, 0.4) is 0 Å². The second kappa shape index (κ2) is 8.25. The first-order valence-corrected chi connectivity index (χ1v) is 6.04. The van der Waals surface area contributed by atoms with Crippen LogP contribution in [0.5, 0.6) is 0 Å². The van der Waals surface area contributed by atoms with Gasteiger partial charge in [0, 0.05) is 12.6 Å². The van der Waals surface area contributed by atoms with Crippen LogP contribution in [0.25, 0.3) is 0 Å². The highest BCUT2D eigenvalue weighted by Crippen LogP contribution is 2.07. The number of rotatable bonds is 8. The van der Waals surface area contributed by atoms with Gasteiger partial charge in [-0.1, -0.05) is 20.8 Å². The summed E-state index contributed by atoms with van der Waals surface area (Å²) in [5.74, 6) is 0. The SMILES string of the molecule is CCCN(CCC)C(CC)CN(C)C. The summed E-state index contributed by atoms with van der Waals surface area (Å²) in [5, 5.41) is 0. The minimum absolute atomic E-state index is 0.741. The zero-order valence-electron chi connectivity index (χ0n) is 10.7. The molecular formula is C12H28N2. The molecule has 0 rings (SSSR count). The van der Waals surface area contributed by atoms with Gasteiger partial charge in [-0.15, -0.1) is 0 Å². The molecule has 2 heteroatoms. The van der Waals surface area contributed by atoms with Crippen molar-refractivity contribution < 1.29 is 0 Å². The molecule has 0 aliphatic heterocycles. The van der Waals surface area contributed by atoms with Crippen LogP contribution in [-0.4, -0.2) is 49.6 Å². The van der Waals surface area contributed by atoms with Gasteiger partial charge in [-0.25, -0.2) is 0 Å². The summed E-state index contributed by atoms with van der Waals surface area (Å²) in [7, 11) is 4.33. The van der Waals surface area contributed by atoms with Crippen molar-refractivity contribution in [3.8, 4) is 0 Å². The number of likely N-dealkylation sites (N-methyl/N-ethyl adjacent to an activating group) is 1. The van der Waals surface area contributed by atoms with E-state index >= 15 is 0 Å². The second-order valence-corrected chi connectivity index (χ2v) is 4.36. The van der Waals surface area contributed by atoms with Crippen LogP contribution < -0.4 is 0 Å². The molecule has 0 N–H and O–H groups in total. The molecule has 0 aliphatic rings. The number of nitrogens with zero attached hydrogens (tertiary/aromatic N) is 2. The zero-order valence-corrected chi connectivity index (χ0v) is 10.7. The Morgan fingerprint density at radius 3 is 1.71 bits per heavy atom. The van der Waals surface area contributed by atoms with E-state index in [4.69, 9.17) is 0 Å². The molecule has 0 bridgehead atoms. The van der Waals surface area contributed by atoms with Crippen LogP contribution >= 0.6 is 0 Å². The van der Waals surface area contributed by atoms with Gasteiger partial charge in [-0.2, -0.15) is 0 Å². The fourth-order valence-corrected chi connectivity index (χ4v) is 1.98. The molecule has 0 spiro atoms. The van der Waals surface area contributed by atoms with Crippen LogP contribution in [0.15, 0.2) is 0 Å². The highest BCUT2D eigenvalue weighted by Gasteiger charge is 2.15. The molecule has 0 radical (unpaired) electrons. The number of hydrogen-bond acceptors (Lipinski definition) is 2. The molecule has 86 valence electrons. The average molecular weight is 200 g/mol. The summed E-state index contributed by atoms with van der Waals surface area (Å²) >= 11 is 0. The van der Waals surface area contributed by atoms with Gasteiger partial charge in [0.2, 0.25) is 0 Å². The lowest BCUT2D eigenvalue weighted by molar-refractivity contribution is 0.157. The Morgan fingerprint density at radius 1 is 0.929 bits per heavy atom. The lowest BCUT2D eigenvalue weighted by Gasteiger charge is -2.32. The normalized spacial score (nSPS) is 13.9. The Hall–Kier alpha value is -0.0800. The molecule has 0 saturated heterocycles. The maximum Gasteiger partial charge on any atom is 0.0220 e. The summed E-state index contributed by atoms with van der Waals surface area (Å²) < 4.78 is 0. The molecule has 1 atom stereocenters. The molecule has 0 aromatic heterocycles. The average Bonchev–Trinajstić information content (AvgIpc) is 2.13. The van der Waals surface area contributed by atoms with Crippen molar-refractivity contribution in [2.24, 2.45) is 0 Å². The lowest BCUT2D eigenvalue weighted by atomic mass is 10.1. The first kappa shape index (κ1) is 13.9. The maximum atomic E-state index is 2.64. The molecule has 2 nitrogen and oxygen atoms in total. The van der Waals surface area contributed by atoms with Crippen molar-refractivity contribution >= 4 is 0 Å². The van der Waals surface area contributed by atoms with Crippen molar-refractivity contribution in [3.63, 3.8) is 0 Å². The molecule has 14 heavy (non-hydrogen) atoms. The highest BCUT2D eigenvalue weighted by atomic mass is 15.2. The van der Waals surface area contributed by atoms with E-state index in [2.05, 4.69) is 44.7 Å². The Morgan fingerprint density at radius 2 is 1.43 bits per heavy atom. The van der Waals surface area contributed by atoms with Crippen molar-refractivity contribution in [2.45, 2.75) is 46.1 Å². The van der Waals surface area contributed by atoms with Crippen LogP contribution in [0.1, 0.15) is 40.0 Å². The summed E-state index contributed by atoms with van der Waals surface area (Å²) in [4.78, 5) is 4.94. The monoisotopic (exact) mass is 200 g/mol. The number of hydrogen-bond donors (Lipinski definition) is 0. The van der Waals surface area contributed by atoms with Gasteiger partial charge in [-0.05, 0) is 46.4 Å². The quantitative estimate of drug-likeness (QED) is 0.594. The molecular weight excluding hydrogens is 172 g/mol. The van der Waals surface area contributed by atoms with E-state index in [9.17, 15) is 0 Å². The Kier molecular flexibility index (Phi) is 8.20. The summed E-state index contributed by atoms with van der Waals surface area (Å²) in [6.07, 6.45) is 3.80. The predicted octanol–water partition coefficient (Wildman–Crippen LogP) is 2.45. The van der Waals surface area contributed by atoms with Crippen molar-refractivity contribution in [2.75, 3.05) is 33.7 Å². The van der Waals surface area contributed by atoms with Crippen molar-refractivity contribution in [1.82, 2.24) is 9.80 Å². The Labute approximate surface area is 90.3 Å². The van der Waals surface area contributed by atoms with Crippen LogP contribution in [0.2, 0.25) is 0 Å². The van der Waals surface area contributed by atoms with Crippen LogP contribution in [-0.2, 0) is 0 Å². The maximum absolute atomic E-state index is 2.64. The smallest absolute Gasteiger partial charge is 0.0220 e. The van der Waals surface area contributed by atoms with Gasteiger partial charge in [0.05, 0.1) is 0 Å². The standard InChI is InChI=1S/C12H28N2/c1-6-9-14(10-7-2)12(8-3)11-13(4)5/h12H,6-11H2,1-5H3. The molecule has 0 fully saturated rings. The summed E-state index contributed by atoms with van der Waals surface area (Å²) in [6, 6.07) is 0.741. The molecule has 1 unspecified atom stereocenters. The van der Waals surface area contributed by atoms with Gasteiger partial charge in [0.25, 0.3) is 0 Å². The van der Waals surface area contributed by atoms with E-state index in [-0.39, 0.29) is 0 Å².